The molecule has 3 nitrogen and oxygen atoms in total. The maximum absolute atomic E-state index is 13.4. The molecule has 62 valence electrons. The molecule has 0 aromatic rings. The number of hydrogen-bond donors (Lipinski definition) is 2. The van der Waals surface area contributed by atoms with Crippen molar-refractivity contribution in [1.82, 2.24) is 5.32 Å². The van der Waals surface area contributed by atoms with Gasteiger partial charge in [0.25, 0.3) is 5.91 Å². The van der Waals surface area contributed by atoms with Gasteiger partial charge < -0.3 is 10.4 Å². The van der Waals surface area contributed by atoms with Crippen molar-refractivity contribution in [2.45, 2.75) is 18.6 Å². The topological polar surface area (TPSA) is 49.3 Å². The van der Waals surface area contributed by atoms with Crippen molar-refractivity contribution in [1.29, 1.82) is 0 Å². The van der Waals surface area contributed by atoms with Crippen molar-refractivity contribution in [2.75, 3.05) is 6.61 Å². The molecule has 3 unspecified atom stereocenters. The highest BCUT2D eigenvalue weighted by molar-refractivity contribution is 5.93. The van der Waals surface area contributed by atoms with E-state index in [-0.39, 0.29) is 24.5 Å². The summed E-state index contributed by atoms with van der Waals surface area (Å²) in [6, 6.07) is -0.359. The molecular weight excluding hydrogens is 149 g/mol. The molecule has 2 rings (SSSR count). The summed E-state index contributed by atoms with van der Waals surface area (Å²) in [6.07, 6.45) is 0. The number of aliphatic hydroxyl groups excluding tert-OH is 1. The van der Waals surface area contributed by atoms with Crippen LogP contribution in [0.4, 0.5) is 4.39 Å². The van der Waals surface area contributed by atoms with E-state index in [9.17, 15) is 9.18 Å². The van der Waals surface area contributed by atoms with Crippen LogP contribution in [-0.2, 0) is 4.79 Å². The van der Waals surface area contributed by atoms with E-state index in [1.165, 1.54) is 0 Å². The maximum atomic E-state index is 13.4. The van der Waals surface area contributed by atoms with E-state index in [0.29, 0.717) is 0 Å². The van der Waals surface area contributed by atoms with Gasteiger partial charge in [0.2, 0.25) is 0 Å². The van der Waals surface area contributed by atoms with E-state index in [2.05, 4.69) is 5.32 Å². The van der Waals surface area contributed by atoms with Gasteiger partial charge in [-0.2, -0.15) is 0 Å². The van der Waals surface area contributed by atoms with E-state index < -0.39 is 11.6 Å². The molecule has 11 heavy (non-hydrogen) atoms. The van der Waals surface area contributed by atoms with Crippen LogP contribution in [0.3, 0.4) is 0 Å². The molecule has 4 heteroatoms. The van der Waals surface area contributed by atoms with Gasteiger partial charge in [-0.3, -0.25) is 4.79 Å². The van der Waals surface area contributed by atoms with Crippen molar-refractivity contribution in [3.05, 3.63) is 0 Å². The van der Waals surface area contributed by atoms with Crippen LogP contribution in [0.25, 0.3) is 0 Å². The van der Waals surface area contributed by atoms with Gasteiger partial charge in [-0.1, -0.05) is 6.92 Å². The molecule has 1 heterocycles. The Morgan fingerprint density at radius 2 is 2.45 bits per heavy atom. The van der Waals surface area contributed by atoms with Crippen molar-refractivity contribution in [3.63, 3.8) is 0 Å². The van der Waals surface area contributed by atoms with Crippen LogP contribution in [0.2, 0.25) is 0 Å². The van der Waals surface area contributed by atoms with Gasteiger partial charge in [0.05, 0.1) is 12.6 Å². The summed E-state index contributed by atoms with van der Waals surface area (Å²) in [7, 11) is 0. The van der Waals surface area contributed by atoms with Crippen LogP contribution in [0.5, 0.6) is 0 Å². The Balaban J connectivity index is 2.23. The molecule has 0 radical (unpaired) electrons. The van der Waals surface area contributed by atoms with E-state index in [1.54, 1.807) is 6.92 Å². The molecule has 0 bridgehead atoms. The number of piperidine rings is 1. The first-order valence-corrected chi connectivity index (χ1v) is 3.73. The number of fused-ring (bicyclic) bond motifs is 1. The first-order valence-electron chi connectivity index (χ1n) is 3.73. The van der Waals surface area contributed by atoms with Crippen molar-refractivity contribution in [3.8, 4) is 0 Å². The fourth-order valence-electron chi connectivity index (χ4n) is 2.08. The van der Waals surface area contributed by atoms with Crippen LogP contribution in [0.1, 0.15) is 6.92 Å². The van der Waals surface area contributed by atoms with E-state index >= 15 is 0 Å². The Morgan fingerprint density at radius 3 is 2.73 bits per heavy atom. The Kier molecular flexibility index (Phi) is 1.12. The Hall–Kier alpha value is -0.640. The molecule has 1 aliphatic heterocycles. The molecule has 0 aromatic carbocycles. The van der Waals surface area contributed by atoms with E-state index in [0.717, 1.165) is 0 Å². The first-order chi connectivity index (χ1) is 5.12. The standard InChI is InChI=1S/C7H10FNO2/c1-3-5-4(2-10)9-6(11)7(3,5)8/h3-5,10H,2H2,1H3,(H,9,11)/t3?,4?,5?,7-/m0/s1. The quantitative estimate of drug-likeness (QED) is 0.539. The van der Waals surface area contributed by atoms with Gasteiger partial charge in [-0.05, 0) is 0 Å². The monoisotopic (exact) mass is 159 g/mol. The van der Waals surface area contributed by atoms with Crippen LogP contribution >= 0.6 is 0 Å². The number of rotatable bonds is 1. The minimum atomic E-state index is -1.66. The number of carbonyl (C=O) groups is 1. The van der Waals surface area contributed by atoms with Gasteiger partial charge in [-0.15, -0.1) is 0 Å². The molecule has 0 spiro atoms. The normalized spacial score (nSPS) is 53.7. The summed E-state index contributed by atoms with van der Waals surface area (Å²) in [4.78, 5) is 10.9. The number of carbonyl (C=O) groups excluding carboxylic acids is 1. The predicted octanol–water partition coefficient (Wildman–Crippen LogP) is -0.549. The highest BCUT2D eigenvalue weighted by Crippen LogP contribution is 2.58. The van der Waals surface area contributed by atoms with Gasteiger partial charge in [0.1, 0.15) is 0 Å². The lowest BCUT2D eigenvalue weighted by Crippen LogP contribution is -2.36. The van der Waals surface area contributed by atoms with Crippen molar-refractivity contribution >= 4 is 5.91 Å². The zero-order valence-corrected chi connectivity index (χ0v) is 6.17. The third-order valence-electron chi connectivity index (χ3n) is 2.87. The largest absolute Gasteiger partial charge is 0.394 e. The average molecular weight is 159 g/mol. The number of halogens is 1. The highest BCUT2D eigenvalue weighted by atomic mass is 19.1. The second-order valence-electron chi connectivity index (χ2n) is 3.35. The van der Waals surface area contributed by atoms with E-state index in [4.69, 9.17) is 5.11 Å². The third-order valence-corrected chi connectivity index (χ3v) is 2.87. The van der Waals surface area contributed by atoms with Crippen molar-refractivity contribution in [2.24, 2.45) is 11.8 Å². The average Bonchev–Trinajstić information content (AvgIpc) is 2.38. The third kappa shape index (κ3) is 0.588. The minimum Gasteiger partial charge on any atom is -0.394 e. The zero-order chi connectivity index (χ0) is 8.22. The molecular formula is C7H10FNO2. The second kappa shape index (κ2) is 1.75. The van der Waals surface area contributed by atoms with Crippen LogP contribution < -0.4 is 5.32 Å². The minimum absolute atomic E-state index is 0.160. The number of hydrogen-bond acceptors (Lipinski definition) is 2. The summed E-state index contributed by atoms with van der Waals surface area (Å²) < 4.78 is 13.4. The van der Waals surface area contributed by atoms with Gasteiger partial charge >= 0.3 is 0 Å². The number of alkyl halides is 1. The summed E-state index contributed by atoms with van der Waals surface area (Å²) in [5.74, 6) is -1.05. The lowest BCUT2D eigenvalue weighted by atomic mass is 10.2. The molecule has 1 saturated carbocycles. The SMILES string of the molecule is CC1C2C(CO)NC(=O)[C@]12F. The Morgan fingerprint density at radius 1 is 1.82 bits per heavy atom. The number of nitrogens with one attached hydrogen (secondary N) is 1. The molecule has 2 fully saturated rings. The summed E-state index contributed by atoms with van der Waals surface area (Å²) in [5, 5.41) is 11.1. The fourth-order valence-corrected chi connectivity index (χ4v) is 2.08. The molecule has 2 aliphatic rings. The van der Waals surface area contributed by atoms with Crippen LogP contribution in [0, 0.1) is 11.8 Å². The summed E-state index contributed by atoms with van der Waals surface area (Å²) >= 11 is 0. The van der Waals surface area contributed by atoms with Gasteiger partial charge in [0.15, 0.2) is 5.67 Å². The van der Waals surface area contributed by atoms with Gasteiger partial charge in [-0.25, -0.2) is 4.39 Å². The number of aliphatic hydroxyl groups is 1. The summed E-state index contributed by atoms with van der Waals surface area (Å²) in [6.45, 7) is 1.54. The van der Waals surface area contributed by atoms with E-state index in [1.807, 2.05) is 0 Å². The van der Waals surface area contributed by atoms with Crippen LogP contribution in [0.15, 0.2) is 0 Å². The zero-order valence-electron chi connectivity index (χ0n) is 6.17. The molecule has 1 saturated heterocycles. The first kappa shape index (κ1) is 7.03. The molecule has 1 amide bonds. The smallest absolute Gasteiger partial charge is 0.258 e. The molecule has 4 atom stereocenters. The number of amides is 1. The Bertz CT molecular complexity index is 220. The van der Waals surface area contributed by atoms with Crippen LogP contribution in [-0.4, -0.2) is 29.3 Å². The lowest BCUT2D eigenvalue weighted by molar-refractivity contribution is -0.126. The fraction of sp³-hybridized carbons (Fsp3) is 0.857. The second-order valence-corrected chi connectivity index (χ2v) is 3.35. The molecule has 1 aliphatic carbocycles. The Labute approximate surface area is 63.6 Å². The molecule has 2 N–H and O–H groups in total. The van der Waals surface area contributed by atoms with Gasteiger partial charge in [0, 0.05) is 11.8 Å². The predicted molar refractivity (Wildman–Crippen MR) is 35.5 cm³/mol. The highest BCUT2D eigenvalue weighted by Gasteiger charge is 2.75. The maximum Gasteiger partial charge on any atom is 0.258 e. The van der Waals surface area contributed by atoms with Crippen molar-refractivity contribution < 1.29 is 14.3 Å². The molecule has 0 aromatic heterocycles. The lowest BCUT2D eigenvalue weighted by Gasteiger charge is -2.09. The summed E-state index contributed by atoms with van der Waals surface area (Å²) in [5.41, 5.74) is -1.66.